The molecular formula is C21H17BrCl2FN3O2. The molecule has 0 saturated carbocycles. The summed E-state index contributed by atoms with van der Waals surface area (Å²) in [5, 5.41) is -0.00578. The lowest BCUT2D eigenvalue weighted by Crippen LogP contribution is -2.31. The van der Waals surface area contributed by atoms with E-state index in [4.69, 9.17) is 23.2 Å². The van der Waals surface area contributed by atoms with Gasteiger partial charge in [-0.25, -0.2) is 4.39 Å². The van der Waals surface area contributed by atoms with Crippen LogP contribution in [0.25, 0.3) is 0 Å². The molecule has 0 fully saturated rings. The molecule has 0 bridgehead atoms. The van der Waals surface area contributed by atoms with Gasteiger partial charge in [-0.05, 0) is 59.6 Å². The molecule has 156 valence electrons. The smallest absolute Gasteiger partial charge is 0.269 e. The van der Waals surface area contributed by atoms with Gasteiger partial charge in [0.15, 0.2) is 0 Å². The number of carbonyl (C=O) groups is 1. The predicted molar refractivity (Wildman–Crippen MR) is 119 cm³/mol. The van der Waals surface area contributed by atoms with Gasteiger partial charge in [-0.3, -0.25) is 14.5 Å². The van der Waals surface area contributed by atoms with Crippen molar-refractivity contribution in [3.8, 4) is 0 Å². The van der Waals surface area contributed by atoms with E-state index < -0.39 is 11.9 Å². The van der Waals surface area contributed by atoms with Crippen LogP contribution in [0.4, 0.5) is 10.1 Å². The van der Waals surface area contributed by atoms with Gasteiger partial charge in [-0.1, -0.05) is 29.3 Å². The van der Waals surface area contributed by atoms with Crippen molar-refractivity contribution in [1.29, 1.82) is 0 Å². The lowest BCUT2D eigenvalue weighted by molar-refractivity contribution is 0.0993. The average Bonchev–Trinajstić information content (AvgIpc) is 3.15. The number of pyridine rings is 1. The number of aryl methyl sites for hydroxylation is 1. The summed E-state index contributed by atoms with van der Waals surface area (Å²) in [7, 11) is 1.56. The average molecular weight is 513 g/mol. The number of hydrogen-bond acceptors (Lipinski definition) is 2. The van der Waals surface area contributed by atoms with E-state index >= 15 is 0 Å². The van der Waals surface area contributed by atoms with Crippen molar-refractivity contribution < 1.29 is 9.18 Å². The molecule has 2 aromatic heterocycles. The van der Waals surface area contributed by atoms with Gasteiger partial charge in [-0.2, -0.15) is 0 Å². The van der Waals surface area contributed by atoms with Gasteiger partial charge in [0.2, 0.25) is 0 Å². The highest BCUT2D eigenvalue weighted by atomic mass is 79.9. The summed E-state index contributed by atoms with van der Waals surface area (Å²) in [6.45, 7) is 4.00. The van der Waals surface area contributed by atoms with Gasteiger partial charge in [0.05, 0.1) is 26.6 Å². The molecule has 1 aromatic carbocycles. The van der Waals surface area contributed by atoms with Crippen LogP contribution in [0.15, 0.2) is 45.9 Å². The Hall–Kier alpha value is -2.09. The molecule has 0 N–H and O–H groups in total. The number of nitrogens with zero attached hydrogens (tertiary/aromatic N) is 3. The minimum atomic E-state index is -0.624. The number of amides is 1. The topological polar surface area (TPSA) is 47.2 Å². The molecule has 1 aliphatic rings. The second-order valence-electron chi connectivity index (χ2n) is 7.44. The number of benzene rings is 1. The Balaban J connectivity index is 2.01. The summed E-state index contributed by atoms with van der Waals surface area (Å²) in [6.07, 6.45) is 1.55. The number of carbonyl (C=O) groups excluding carboxylic acids is 1. The molecule has 5 nitrogen and oxygen atoms in total. The van der Waals surface area contributed by atoms with Gasteiger partial charge in [0.1, 0.15) is 16.9 Å². The van der Waals surface area contributed by atoms with Crippen molar-refractivity contribution in [3.05, 3.63) is 84.2 Å². The highest BCUT2D eigenvalue weighted by molar-refractivity contribution is 9.10. The molecule has 1 aliphatic heterocycles. The Morgan fingerprint density at radius 3 is 2.40 bits per heavy atom. The molecule has 0 aliphatic carbocycles. The molecule has 0 saturated heterocycles. The predicted octanol–water partition coefficient (Wildman–Crippen LogP) is 5.73. The first-order valence-electron chi connectivity index (χ1n) is 9.17. The summed E-state index contributed by atoms with van der Waals surface area (Å²) in [5.41, 5.74) is 1.86. The molecule has 1 unspecified atom stereocenters. The largest absolute Gasteiger partial charge is 0.334 e. The first-order chi connectivity index (χ1) is 14.1. The van der Waals surface area contributed by atoms with E-state index in [0.29, 0.717) is 16.8 Å². The van der Waals surface area contributed by atoms with E-state index in [-0.39, 0.29) is 27.6 Å². The first-order valence-corrected chi connectivity index (χ1v) is 10.7. The zero-order valence-electron chi connectivity index (χ0n) is 16.3. The molecule has 3 heterocycles. The van der Waals surface area contributed by atoms with Crippen LogP contribution >= 0.6 is 39.1 Å². The van der Waals surface area contributed by atoms with Crippen LogP contribution in [0.3, 0.4) is 0 Å². The van der Waals surface area contributed by atoms with Crippen molar-refractivity contribution in [2.75, 3.05) is 4.90 Å². The quantitative estimate of drug-likeness (QED) is 0.450. The standard InChI is InChI=1S/C21H17BrCl2FN3O2/c1-10(2)27-17(22)8-13-19(27)18(11-4-5-14(23)16(25)6-11)28(20(13)29)12-7-15(24)21(30)26(3)9-12/h4-10,18H,1-3H3. The summed E-state index contributed by atoms with van der Waals surface area (Å²) < 4.78 is 18.4. The lowest BCUT2D eigenvalue weighted by Gasteiger charge is -2.29. The Bertz CT molecular complexity index is 1230. The van der Waals surface area contributed by atoms with Crippen molar-refractivity contribution in [2.24, 2.45) is 7.05 Å². The highest BCUT2D eigenvalue weighted by Gasteiger charge is 2.43. The minimum Gasteiger partial charge on any atom is -0.334 e. The molecule has 3 aromatic rings. The van der Waals surface area contributed by atoms with Gasteiger partial charge >= 0.3 is 0 Å². The Morgan fingerprint density at radius 1 is 1.10 bits per heavy atom. The van der Waals surface area contributed by atoms with Crippen molar-refractivity contribution in [2.45, 2.75) is 25.9 Å². The van der Waals surface area contributed by atoms with Crippen LogP contribution in [0.5, 0.6) is 0 Å². The SMILES string of the molecule is CC(C)n1c(Br)cc2c1C(c1ccc(Cl)c(F)c1)N(c1cc(Cl)c(=O)n(C)c1)C2=O. The van der Waals surface area contributed by atoms with Crippen LogP contribution in [-0.4, -0.2) is 15.0 Å². The van der Waals surface area contributed by atoms with Gasteiger partial charge in [0, 0.05) is 19.3 Å². The number of anilines is 1. The maximum absolute atomic E-state index is 14.4. The number of halogens is 4. The minimum absolute atomic E-state index is 0.000391. The van der Waals surface area contributed by atoms with Gasteiger partial charge in [-0.15, -0.1) is 0 Å². The number of fused-ring (bicyclic) bond motifs is 1. The molecule has 30 heavy (non-hydrogen) atoms. The molecule has 0 radical (unpaired) electrons. The third-order valence-electron chi connectivity index (χ3n) is 5.17. The number of aromatic nitrogens is 2. The first kappa shape index (κ1) is 21.2. The molecule has 1 atom stereocenters. The van der Waals surface area contributed by atoms with Crippen molar-refractivity contribution in [1.82, 2.24) is 9.13 Å². The maximum Gasteiger partial charge on any atom is 0.269 e. The second kappa shape index (κ2) is 7.55. The fourth-order valence-electron chi connectivity index (χ4n) is 3.89. The molecule has 1 amide bonds. The van der Waals surface area contributed by atoms with Crippen LogP contribution in [0.2, 0.25) is 10.0 Å². The monoisotopic (exact) mass is 511 g/mol. The molecule has 9 heteroatoms. The fraction of sp³-hybridized carbons (Fsp3) is 0.238. The van der Waals surface area contributed by atoms with Crippen molar-refractivity contribution in [3.63, 3.8) is 0 Å². The van der Waals surface area contributed by atoms with E-state index in [1.165, 1.54) is 27.7 Å². The van der Waals surface area contributed by atoms with Gasteiger partial charge < -0.3 is 9.13 Å². The fourth-order valence-corrected chi connectivity index (χ4v) is 5.09. The van der Waals surface area contributed by atoms with Crippen molar-refractivity contribution >= 4 is 50.7 Å². The Morgan fingerprint density at radius 2 is 1.80 bits per heavy atom. The number of rotatable bonds is 3. The zero-order chi connectivity index (χ0) is 21.9. The van der Waals surface area contributed by atoms with E-state index in [2.05, 4.69) is 15.9 Å². The summed E-state index contributed by atoms with van der Waals surface area (Å²) in [6, 6.07) is 7.14. The summed E-state index contributed by atoms with van der Waals surface area (Å²) in [5.74, 6) is -0.838. The number of hydrogen-bond donors (Lipinski definition) is 0. The third-order valence-corrected chi connectivity index (χ3v) is 6.36. The van der Waals surface area contributed by atoms with Crippen LogP contribution in [0, 0.1) is 5.82 Å². The molecular weight excluding hydrogens is 496 g/mol. The zero-order valence-corrected chi connectivity index (χ0v) is 19.4. The molecule has 0 spiro atoms. The summed E-state index contributed by atoms with van der Waals surface area (Å²) in [4.78, 5) is 27.1. The third kappa shape index (κ3) is 3.20. The van der Waals surface area contributed by atoms with E-state index in [1.54, 1.807) is 25.4 Å². The van der Waals surface area contributed by atoms with Crippen LogP contribution < -0.4 is 10.5 Å². The maximum atomic E-state index is 14.4. The van der Waals surface area contributed by atoms with E-state index in [9.17, 15) is 14.0 Å². The summed E-state index contributed by atoms with van der Waals surface area (Å²) >= 11 is 15.5. The van der Waals surface area contributed by atoms with Gasteiger partial charge in [0.25, 0.3) is 11.5 Å². The van der Waals surface area contributed by atoms with E-state index in [1.807, 2.05) is 18.4 Å². The second-order valence-corrected chi connectivity index (χ2v) is 9.07. The van der Waals surface area contributed by atoms with E-state index in [0.717, 1.165) is 10.3 Å². The van der Waals surface area contributed by atoms with Crippen LogP contribution in [-0.2, 0) is 7.05 Å². The highest BCUT2D eigenvalue weighted by Crippen LogP contribution is 2.45. The Kier molecular flexibility index (Phi) is 5.33. The molecule has 4 rings (SSSR count). The normalized spacial score (nSPS) is 15.9. The van der Waals surface area contributed by atoms with Crippen LogP contribution in [0.1, 0.15) is 47.5 Å². The Labute approximate surface area is 190 Å². The lowest BCUT2D eigenvalue weighted by atomic mass is 10.0.